The van der Waals surface area contributed by atoms with Crippen molar-refractivity contribution < 1.29 is 5.11 Å². The summed E-state index contributed by atoms with van der Waals surface area (Å²) in [5.74, 6) is 0.460. The van der Waals surface area contributed by atoms with Crippen LogP contribution in [0.15, 0.2) is 0 Å². The molecule has 0 saturated heterocycles. The number of aliphatic hydroxyl groups excluding tert-OH is 1. The van der Waals surface area contributed by atoms with Gasteiger partial charge in [-0.15, -0.1) is 0 Å². The standard InChI is InChI=1S/C13H28N2O/c1-13(2)7-6-11(12(13)16)10-15(5)9-8-14(3)4/h11-12,16H,6-10H2,1-5H3. The summed E-state index contributed by atoms with van der Waals surface area (Å²) in [6, 6.07) is 0. The zero-order valence-electron chi connectivity index (χ0n) is 11.5. The van der Waals surface area contributed by atoms with E-state index in [2.05, 4.69) is 44.8 Å². The van der Waals surface area contributed by atoms with Crippen molar-refractivity contribution in [2.45, 2.75) is 32.8 Å². The third kappa shape index (κ3) is 3.72. The van der Waals surface area contributed by atoms with Gasteiger partial charge in [0.25, 0.3) is 0 Å². The summed E-state index contributed by atoms with van der Waals surface area (Å²) in [4.78, 5) is 4.54. The van der Waals surface area contributed by atoms with Gasteiger partial charge in [0.2, 0.25) is 0 Å². The van der Waals surface area contributed by atoms with Crippen LogP contribution in [0.2, 0.25) is 0 Å². The van der Waals surface area contributed by atoms with Crippen LogP contribution in [0.1, 0.15) is 26.7 Å². The van der Waals surface area contributed by atoms with E-state index in [9.17, 15) is 5.11 Å². The molecule has 0 aromatic carbocycles. The molecule has 3 nitrogen and oxygen atoms in total. The number of hydrogen-bond donors (Lipinski definition) is 1. The van der Waals surface area contributed by atoms with Gasteiger partial charge < -0.3 is 14.9 Å². The third-order valence-electron chi connectivity index (χ3n) is 3.88. The van der Waals surface area contributed by atoms with E-state index >= 15 is 0 Å². The van der Waals surface area contributed by atoms with Gasteiger partial charge in [0.15, 0.2) is 0 Å². The maximum atomic E-state index is 10.2. The van der Waals surface area contributed by atoms with Crippen LogP contribution in [0.5, 0.6) is 0 Å². The first-order valence-electron chi connectivity index (χ1n) is 6.34. The lowest BCUT2D eigenvalue weighted by Gasteiger charge is -2.28. The predicted molar refractivity (Wildman–Crippen MR) is 68.6 cm³/mol. The highest BCUT2D eigenvalue weighted by Gasteiger charge is 2.40. The summed E-state index contributed by atoms with van der Waals surface area (Å²) < 4.78 is 0. The Kier molecular flexibility index (Phi) is 4.77. The average molecular weight is 228 g/mol. The summed E-state index contributed by atoms with van der Waals surface area (Å²) in [5, 5.41) is 10.2. The Morgan fingerprint density at radius 2 is 1.81 bits per heavy atom. The maximum Gasteiger partial charge on any atom is 0.0631 e. The zero-order chi connectivity index (χ0) is 12.3. The molecule has 1 aliphatic carbocycles. The summed E-state index contributed by atoms with van der Waals surface area (Å²) in [6.07, 6.45) is 2.19. The Morgan fingerprint density at radius 1 is 1.19 bits per heavy atom. The molecule has 1 saturated carbocycles. The van der Waals surface area contributed by atoms with Crippen LogP contribution in [-0.2, 0) is 0 Å². The molecule has 1 aliphatic rings. The molecule has 0 spiro atoms. The van der Waals surface area contributed by atoms with Crippen LogP contribution in [0.25, 0.3) is 0 Å². The molecular weight excluding hydrogens is 200 g/mol. The molecule has 3 heteroatoms. The number of hydrogen-bond acceptors (Lipinski definition) is 3. The van der Waals surface area contributed by atoms with E-state index in [1.807, 2.05) is 0 Å². The fourth-order valence-corrected chi connectivity index (χ4v) is 2.55. The van der Waals surface area contributed by atoms with Crippen molar-refractivity contribution in [2.24, 2.45) is 11.3 Å². The predicted octanol–water partition coefficient (Wildman–Crippen LogP) is 1.28. The monoisotopic (exact) mass is 228 g/mol. The van der Waals surface area contributed by atoms with Gasteiger partial charge in [0.1, 0.15) is 0 Å². The first-order chi connectivity index (χ1) is 7.33. The minimum Gasteiger partial charge on any atom is -0.392 e. The smallest absolute Gasteiger partial charge is 0.0631 e. The second-order valence-corrected chi connectivity index (χ2v) is 6.30. The molecule has 0 radical (unpaired) electrons. The van der Waals surface area contributed by atoms with Crippen LogP contribution in [-0.4, -0.2) is 61.8 Å². The molecule has 1 rings (SSSR count). The van der Waals surface area contributed by atoms with Crippen LogP contribution in [0.4, 0.5) is 0 Å². The molecule has 96 valence electrons. The van der Waals surface area contributed by atoms with Crippen molar-refractivity contribution in [2.75, 3.05) is 40.8 Å². The summed E-state index contributed by atoms with van der Waals surface area (Å²) in [6.45, 7) is 7.55. The number of aliphatic hydroxyl groups is 1. The van der Waals surface area contributed by atoms with Crippen molar-refractivity contribution >= 4 is 0 Å². The molecule has 16 heavy (non-hydrogen) atoms. The van der Waals surface area contributed by atoms with E-state index in [0.717, 1.165) is 26.1 Å². The fraction of sp³-hybridized carbons (Fsp3) is 1.00. The first kappa shape index (κ1) is 13.9. The van der Waals surface area contributed by atoms with Gasteiger partial charge in [-0.1, -0.05) is 13.8 Å². The molecule has 0 aliphatic heterocycles. The lowest BCUT2D eigenvalue weighted by Crippen LogP contribution is -2.37. The number of nitrogens with zero attached hydrogens (tertiary/aromatic N) is 2. The molecule has 0 heterocycles. The van der Waals surface area contributed by atoms with Gasteiger partial charge in [-0.05, 0) is 45.3 Å². The molecule has 0 aromatic rings. The lowest BCUT2D eigenvalue weighted by molar-refractivity contribution is 0.0351. The SMILES string of the molecule is CN(C)CCN(C)CC1CCC(C)(C)C1O. The number of rotatable bonds is 5. The minimum absolute atomic E-state index is 0.118. The maximum absolute atomic E-state index is 10.2. The second-order valence-electron chi connectivity index (χ2n) is 6.30. The third-order valence-corrected chi connectivity index (χ3v) is 3.88. The van der Waals surface area contributed by atoms with E-state index in [-0.39, 0.29) is 11.5 Å². The molecule has 0 bridgehead atoms. The average Bonchev–Trinajstić information content (AvgIpc) is 2.42. The molecular formula is C13H28N2O. The highest BCUT2D eigenvalue weighted by atomic mass is 16.3. The van der Waals surface area contributed by atoms with E-state index in [4.69, 9.17) is 0 Å². The topological polar surface area (TPSA) is 26.7 Å². The Morgan fingerprint density at radius 3 is 2.25 bits per heavy atom. The molecule has 0 aromatic heterocycles. The number of likely N-dealkylation sites (N-methyl/N-ethyl adjacent to an activating group) is 2. The van der Waals surface area contributed by atoms with Gasteiger partial charge >= 0.3 is 0 Å². The minimum atomic E-state index is -0.130. The Balaban J connectivity index is 2.32. The van der Waals surface area contributed by atoms with Crippen molar-refractivity contribution in [3.63, 3.8) is 0 Å². The second kappa shape index (κ2) is 5.48. The molecule has 1 N–H and O–H groups in total. The van der Waals surface area contributed by atoms with Gasteiger partial charge in [0, 0.05) is 19.6 Å². The summed E-state index contributed by atoms with van der Waals surface area (Å²) >= 11 is 0. The van der Waals surface area contributed by atoms with Gasteiger partial charge in [-0.3, -0.25) is 0 Å². The van der Waals surface area contributed by atoms with Gasteiger partial charge in [-0.25, -0.2) is 0 Å². The highest BCUT2D eigenvalue weighted by molar-refractivity contribution is 4.91. The van der Waals surface area contributed by atoms with E-state index in [1.165, 1.54) is 6.42 Å². The normalized spacial score (nSPS) is 29.2. The largest absolute Gasteiger partial charge is 0.392 e. The van der Waals surface area contributed by atoms with Crippen molar-refractivity contribution in [1.82, 2.24) is 9.80 Å². The first-order valence-corrected chi connectivity index (χ1v) is 6.34. The highest BCUT2D eigenvalue weighted by Crippen LogP contribution is 2.41. The summed E-state index contributed by atoms with van der Waals surface area (Å²) in [7, 11) is 6.35. The van der Waals surface area contributed by atoms with Crippen molar-refractivity contribution in [1.29, 1.82) is 0 Å². The molecule has 2 atom stereocenters. The Bertz CT molecular complexity index is 216. The van der Waals surface area contributed by atoms with Gasteiger partial charge in [-0.2, -0.15) is 0 Å². The van der Waals surface area contributed by atoms with E-state index < -0.39 is 0 Å². The van der Waals surface area contributed by atoms with Crippen LogP contribution < -0.4 is 0 Å². The fourth-order valence-electron chi connectivity index (χ4n) is 2.55. The van der Waals surface area contributed by atoms with Crippen LogP contribution >= 0.6 is 0 Å². The Labute approximate surface area is 100 Å². The zero-order valence-corrected chi connectivity index (χ0v) is 11.5. The van der Waals surface area contributed by atoms with Crippen molar-refractivity contribution in [3.05, 3.63) is 0 Å². The van der Waals surface area contributed by atoms with Crippen LogP contribution in [0.3, 0.4) is 0 Å². The van der Waals surface area contributed by atoms with Crippen molar-refractivity contribution in [3.8, 4) is 0 Å². The lowest BCUT2D eigenvalue weighted by atomic mass is 9.87. The molecule has 0 amide bonds. The van der Waals surface area contributed by atoms with E-state index in [1.54, 1.807) is 0 Å². The van der Waals surface area contributed by atoms with E-state index in [0.29, 0.717) is 5.92 Å². The molecule has 2 unspecified atom stereocenters. The Hall–Kier alpha value is -0.120. The summed E-state index contributed by atoms with van der Waals surface area (Å²) in [5.41, 5.74) is 0.118. The molecule has 1 fully saturated rings. The quantitative estimate of drug-likeness (QED) is 0.768. The van der Waals surface area contributed by atoms with Crippen LogP contribution in [0, 0.1) is 11.3 Å². The van der Waals surface area contributed by atoms with Gasteiger partial charge in [0.05, 0.1) is 6.10 Å².